The third-order valence-electron chi connectivity index (χ3n) is 2.78. The summed E-state index contributed by atoms with van der Waals surface area (Å²) in [5.74, 6) is 3.68. The number of hydrogen-bond acceptors (Lipinski definition) is 3. The van der Waals surface area contributed by atoms with Crippen molar-refractivity contribution in [1.82, 2.24) is 10.2 Å². The molecule has 3 heteroatoms. The zero-order valence-corrected chi connectivity index (χ0v) is 11.9. The molecule has 0 aliphatic carbocycles. The highest BCUT2D eigenvalue weighted by molar-refractivity contribution is 5.17. The van der Waals surface area contributed by atoms with E-state index in [9.17, 15) is 0 Å². The minimum absolute atomic E-state index is 0.109. The molecule has 0 bridgehead atoms. The zero-order valence-electron chi connectivity index (χ0n) is 11.9. The molecular formula is C15H24N2O. The summed E-state index contributed by atoms with van der Waals surface area (Å²) < 4.78 is 5.56. The van der Waals surface area contributed by atoms with Gasteiger partial charge in [0, 0.05) is 17.6 Å². The van der Waals surface area contributed by atoms with E-state index in [1.165, 1.54) is 5.56 Å². The number of nitrogens with one attached hydrogen (secondary N) is 1. The van der Waals surface area contributed by atoms with Crippen LogP contribution in [0, 0.1) is 12.3 Å². The maximum absolute atomic E-state index is 5.56. The minimum atomic E-state index is 0.109. The van der Waals surface area contributed by atoms with Crippen LogP contribution in [0.4, 0.5) is 0 Å². The van der Waals surface area contributed by atoms with Gasteiger partial charge in [0.25, 0.3) is 0 Å². The molecule has 3 nitrogen and oxygen atoms in total. The summed E-state index contributed by atoms with van der Waals surface area (Å²) in [4.78, 5) is 2.18. The van der Waals surface area contributed by atoms with E-state index < -0.39 is 0 Å². The Morgan fingerprint density at radius 3 is 2.72 bits per heavy atom. The standard InChI is InChI=1S/C15H24N2O/c1-6-9-17(7-2)12-14-13(8-10-18-14)11-16-15(3,4)5/h1,8,10,16H,7,9,11-12H2,2-5H3. The average molecular weight is 248 g/mol. The van der Waals surface area contributed by atoms with Gasteiger partial charge in [0.05, 0.1) is 19.4 Å². The van der Waals surface area contributed by atoms with Crippen LogP contribution in [0.2, 0.25) is 0 Å². The number of hydrogen-bond donors (Lipinski definition) is 1. The third kappa shape index (κ3) is 4.95. The van der Waals surface area contributed by atoms with E-state index in [0.717, 1.165) is 25.4 Å². The Balaban J connectivity index is 2.62. The van der Waals surface area contributed by atoms with Gasteiger partial charge in [0.2, 0.25) is 0 Å². The molecule has 1 rings (SSSR count). The molecule has 0 aromatic carbocycles. The van der Waals surface area contributed by atoms with E-state index >= 15 is 0 Å². The molecule has 1 heterocycles. The van der Waals surface area contributed by atoms with Crippen LogP contribution >= 0.6 is 0 Å². The fourth-order valence-corrected chi connectivity index (χ4v) is 1.64. The van der Waals surface area contributed by atoms with Gasteiger partial charge in [-0.05, 0) is 33.4 Å². The molecule has 0 atom stereocenters. The van der Waals surface area contributed by atoms with Gasteiger partial charge < -0.3 is 9.73 Å². The van der Waals surface area contributed by atoms with Crippen LogP contribution < -0.4 is 5.32 Å². The van der Waals surface area contributed by atoms with Gasteiger partial charge in [-0.15, -0.1) is 6.42 Å². The summed E-state index contributed by atoms with van der Waals surface area (Å²) in [6.45, 7) is 11.8. The first-order valence-corrected chi connectivity index (χ1v) is 6.42. The Morgan fingerprint density at radius 2 is 2.17 bits per heavy atom. The van der Waals surface area contributed by atoms with E-state index in [-0.39, 0.29) is 5.54 Å². The van der Waals surface area contributed by atoms with Crippen molar-refractivity contribution in [3.63, 3.8) is 0 Å². The lowest BCUT2D eigenvalue weighted by Gasteiger charge is -2.21. The van der Waals surface area contributed by atoms with Gasteiger partial charge in [-0.25, -0.2) is 0 Å². The lowest BCUT2D eigenvalue weighted by atomic mass is 10.1. The fourth-order valence-electron chi connectivity index (χ4n) is 1.64. The van der Waals surface area contributed by atoms with Crippen molar-refractivity contribution < 1.29 is 4.42 Å². The lowest BCUT2D eigenvalue weighted by molar-refractivity contribution is 0.282. The molecule has 0 saturated heterocycles. The van der Waals surface area contributed by atoms with Crippen LogP contribution in [-0.4, -0.2) is 23.5 Å². The van der Waals surface area contributed by atoms with Gasteiger partial charge in [-0.3, -0.25) is 4.90 Å². The molecule has 0 unspecified atom stereocenters. The maximum atomic E-state index is 5.56. The molecule has 0 fully saturated rings. The summed E-state index contributed by atoms with van der Waals surface area (Å²) >= 11 is 0. The Morgan fingerprint density at radius 1 is 1.44 bits per heavy atom. The molecule has 0 amide bonds. The third-order valence-corrected chi connectivity index (χ3v) is 2.78. The lowest BCUT2D eigenvalue weighted by Crippen LogP contribution is -2.35. The van der Waals surface area contributed by atoms with Crippen molar-refractivity contribution in [2.45, 2.75) is 46.3 Å². The number of rotatable bonds is 6. The van der Waals surface area contributed by atoms with E-state index in [1.807, 2.05) is 6.07 Å². The quantitative estimate of drug-likeness (QED) is 0.784. The van der Waals surface area contributed by atoms with E-state index in [0.29, 0.717) is 6.54 Å². The second-order valence-electron chi connectivity index (χ2n) is 5.48. The summed E-state index contributed by atoms with van der Waals surface area (Å²) in [5.41, 5.74) is 1.32. The highest BCUT2D eigenvalue weighted by Gasteiger charge is 2.13. The van der Waals surface area contributed by atoms with E-state index in [2.05, 4.69) is 43.8 Å². The van der Waals surface area contributed by atoms with Crippen LogP contribution in [0.3, 0.4) is 0 Å². The fraction of sp³-hybridized carbons (Fsp3) is 0.600. The first kappa shape index (κ1) is 14.8. The van der Waals surface area contributed by atoms with Crippen LogP contribution in [0.25, 0.3) is 0 Å². The first-order valence-electron chi connectivity index (χ1n) is 6.42. The number of nitrogens with zero attached hydrogens (tertiary/aromatic N) is 1. The number of terminal acetylenes is 1. The van der Waals surface area contributed by atoms with Crippen molar-refractivity contribution in [2.24, 2.45) is 0 Å². The molecule has 0 radical (unpaired) electrons. The van der Waals surface area contributed by atoms with E-state index in [1.54, 1.807) is 6.26 Å². The molecule has 1 N–H and O–H groups in total. The van der Waals surface area contributed by atoms with Gasteiger partial charge in [-0.2, -0.15) is 0 Å². The van der Waals surface area contributed by atoms with Crippen molar-refractivity contribution in [1.29, 1.82) is 0 Å². The second-order valence-corrected chi connectivity index (χ2v) is 5.48. The molecule has 0 aliphatic heterocycles. The molecule has 0 spiro atoms. The summed E-state index contributed by atoms with van der Waals surface area (Å²) in [6.07, 6.45) is 7.10. The predicted molar refractivity (Wildman–Crippen MR) is 75.1 cm³/mol. The molecule has 18 heavy (non-hydrogen) atoms. The predicted octanol–water partition coefficient (Wildman–Crippen LogP) is 2.62. The molecule has 1 aromatic heterocycles. The van der Waals surface area contributed by atoms with Crippen LogP contribution in [0.5, 0.6) is 0 Å². The zero-order chi connectivity index (χ0) is 13.6. The smallest absolute Gasteiger partial charge is 0.122 e. The van der Waals surface area contributed by atoms with Crippen molar-refractivity contribution >= 4 is 0 Å². The highest BCUT2D eigenvalue weighted by atomic mass is 16.3. The van der Waals surface area contributed by atoms with Gasteiger partial charge in [0.15, 0.2) is 0 Å². The summed E-state index contributed by atoms with van der Waals surface area (Å²) in [7, 11) is 0. The maximum Gasteiger partial charge on any atom is 0.122 e. The monoisotopic (exact) mass is 248 g/mol. The van der Waals surface area contributed by atoms with Crippen LogP contribution in [0.15, 0.2) is 16.7 Å². The minimum Gasteiger partial charge on any atom is -0.468 e. The van der Waals surface area contributed by atoms with Crippen molar-refractivity contribution in [3.05, 3.63) is 23.7 Å². The molecule has 1 aromatic rings. The molecular weight excluding hydrogens is 224 g/mol. The first-order chi connectivity index (χ1) is 8.46. The Kier molecular flexibility index (Phi) is 5.46. The van der Waals surface area contributed by atoms with Crippen molar-refractivity contribution in [2.75, 3.05) is 13.1 Å². The van der Waals surface area contributed by atoms with Gasteiger partial charge in [-0.1, -0.05) is 12.8 Å². The normalized spacial score (nSPS) is 11.8. The largest absolute Gasteiger partial charge is 0.468 e. The summed E-state index contributed by atoms with van der Waals surface area (Å²) in [5, 5.41) is 3.47. The molecule has 100 valence electrons. The Bertz CT molecular complexity index is 395. The van der Waals surface area contributed by atoms with Gasteiger partial charge in [0.1, 0.15) is 5.76 Å². The SMILES string of the molecule is C#CCN(CC)Cc1occc1CNC(C)(C)C. The second kappa shape index (κ2) is 6.63. The van der Waals surface area contributed by atoms with Crippen LogP contribution in [0.1, 0.15) is 39.0 Å². The Hall–Kier alpha value is -1.24. The van der Waals surface area contributed by atoms with Gasteiger partial charge >= 0.3 is 0 Å². The van der Waals surface area contributed by atoms with Crippen LogP contribution in [-0.2, 0) is 13.1 Å². The molecule has 0 saturated carbocycles. The molecule has 0 aliphatic rings. The van der Waals surface area contributed by atoms with E-state index in [4.69, 9.17) is 10.8 Å². The topological polar surface area (TPSA) is 28.4 Å². The number of furan rings is 1. The Labute approximate surface area is 111 Å². The highest BCUT2D eigenvalue weighted by Crippen LogP contribution is 2.14. The average Bonchev–Trinajstić information content (AvgIpc) is 2.72. The van der Waals surface area contributed by atoms with Crippen molar-refractivity contribution in [3.8, 4) is 12.3 Å². The summed E-state index contributed by atoms with van der Waals surface area (Å²) in [6, 6.07) is 2.03.